The van der Waals surface area contributed by atoms with Gasteiger partial charge in [-0.3, -0.25) is 4.79 Å². The van der Waals surface area contributed by atoms with E-state index in [2.05, 4.69) is 15.5 Å². The van der Waals surface area contributed by atoms with Crippen molar-refractivity contribution in [2.75, 3.05) is 5.32 Å². The number of hydrogen-bond donors (Lipinski definition) is 2. The number of nitrogens with one attached hydrogen (secondary N) is 1. The third kappa shape index (κ3) is 3.19. The smallest absolute Gasteiger partial charge is 0.455 e. The predicted molar refractivity (Wildman–Crippen MR) is 91.8 cm³/mol. The van der Waals surface area contributed by atoms with E-state index in [4.69, 9.17) is 4.52 Å². The summed E-state index contributed by atoms with van der Waals surface area (Å²) >= 11 is 1.25. The van der Waals surface area contributed by atoms with Gasteiger partial charge in [-0.05, 0) is 44.1 Å². The second-order valence-corrected chi connectivity index (χ2v) is 7.66. The summed E-state index contributed by atoms with van der Waals surface area (Å²) < 4.78 is 43.3. The van der Waals surface area contributed by atoms with Crippen LogP contribution in [0.5, 0.6) is 0 Å². The Morgan fingerprint density at radius 1 is 1.11 bits per heavy atom. The lowest BCUT2D eigenvalue weighted by atomic mass is 10.1. The fourth-order valence-electron chi connectivity index (χ4n) is 3.57. The topological polar surface area (TPSA) is 105 Å². The fraction of sp³-hybridized carbons (Fsp3) is 0.412. The monoisotopic (exact) mass is 413 g/mol. The Kier molecular flexibility index (Phi) is 4.48. The van der Waals surface area contributed by atoms with Crippen molar-refractivity contribution in [3.8, 4) is 11.5 Å². The van der Waals surface area contributed by atoms with E-state index in [0.717, 1.165) is 23.3 Å². The average molecular weight is 413 g/mol. The molecule has 11 heteroatoms. The minimum absolute atomic E-state index is 0.0697. The van der Waals surface area contributed by atoms with E-state index in [1.165, 1.54) is 11.3 Å². The molecule has 0 unspecified atom stereocenters. The molecule has 7 nitrogen and oxygen atoms in total. The molecule has 0 aliphatic heterocycles. The molecule has 2 aromatic rings. The van der Waals surface area contributed by atoms with Gasteiger partial charge in [-0.25, -0.2) is 4.79 Å². The lowest BCUT2D eigenvalue weighted by molar-refractivity contribution is -0.146. The minimum atomic E-state index is -4.74. The molecule has 0 fully saturated rings. The zero-order valence-electron chi connectivity index (χ0n) is 14.4. The van der Waals surface area contributed by atoms with Gasteiger partial charge in [0, 0.05) is 16.0 Å². The Bertz CT molecular complexity index is 1010. The highest BCUT2D eigenvalue weighted by molar-refractivity contribution is 7.17. The standard InChI is InChI=1S/C17H14F3N3O4S/c18-17(19,20)16-22-13(27-23-16)11-9-5-2-6-10(9)28-14(11)21-12(24)7-3-1-4-8(7)15(25)26/h1-6H2,(H,21,24)(H,25,26). The van der Waals surface area contributed by atoms with Gasteiger partial charge in [-0.1, -0.05) is 5.16 Å². The minimum Gasteiger partial charge on any atom is -0.478 e. The Hall–Kier alpha value is -2.69. The molecule has 28 heavy (non-hydrogen) atoms. The molecule has 148 valence electrons. The Morgan fingerprint density at radius 3 is 2.50 bits per heavy atom. The number of halogens is 3. The summed E-state index contributed by atoms with van der Waals surface area (Å²) in [6, 6.07) is 0. The van der Waals surface area contributed by atoms with Gasteiger partial charge < -0.3 is 14.9 Å². The van der Waals surface area contributed by atoms with Gasteiger partial charge in [0.1, 0.15) is 5.00 Å². The van der Waals surface area contributed by atoms with Crippen molar-refractivity contribution in [2.24, 2.45) is 0 Å². The van der Waals surface area contributed by atoms with Crippen LogP contribution in [0.15, 0.2) is 15.7 Å². The maximum atomic E-state index is 12.8. The van der Waals surface area contributed by atoms with E-state index in [1.807, 2.05) is 0 Å². The number of nitrogens with zero attached hydrogens (tertiary/aromatic N) is 2. The molecule has 4 rings (SSSR count). The molecule has 1 amide bonds. The van der Waals surface area contributed by atoms with Gasteiger partial charge >= 0.3 is 12.1 Å². The quantitative estimate of drug-likeness (QED) is 0.790. The maximum absolute atomic E-state index is 12.8. The van der Waals surface area contributed by atoms with Crippen molar-refractivity contribution >= 4 is 28.2 Å². The predicted octanol–water partition coefficient (Wildman–Crippen LogP) is 3.81. The summed E-state index contributed by atoms with van der Waals surface area (Å²) in [4.78, 5) is 28.3. The van der Waals surface area contributed by atoms with E-state index in [-0.39, 0.29) is 17.0 Å². The van der Waals surface area contributed by atoms with Crippen LogP contribution >= 0.6 is 11.3 Å². The first kappa shape index (κ1) is 18.7. The molecule has 2 heterocycles. The maximum Gasteiger partial charge on any atom is 0.455 e. The Morgan fingerprint density at radius 2 is 1.82 bits per heavy atom. The highest BCUT2D eigenvalue weighted by Gasteiger charge is 2.38. The molecule has 2 aromatic heterocycles. The first-order valence-corrected chi connectivity index (χ1v) is 9.40. The molecular formula is C17H14F3N3O4S. The molecule has 0 atom stereocenters. The first-order chi connectivity index (χ1) is 13.3. The van der Waals surface area contributed by atoms with Crippen LogP contribution in [-0.4, -0.2) is 27.1 Å². The number of carboxylic acid groups (broad SMARTS) is 1. The normalized spacial score (nSPS) is 16.5. The van der Waals surface area contributed by atoms with Crippen LogP contribution in [0.2, 0.25) is 0 Å². The number of aliphatic carboxylic acids is 1. The van der Waals surface area contributed by atoms with Crippen LogP contribution in [0, 0.1) is 0 Å². The van der Waals surface area contributed by atoms with E-state index >= 15 is 0 Å². The summed E-state index contributed by atoms with van der Waals surface area (Å²) in [6.45, 7) is 0. The van der Waals surface area contributed by atoms with E-state index in [9.17, 15) is 27.9 Å². The highest BCUT2D eigenvalue weighted by atomic mass is 32.1. The second-order valence-electron chi connectivity index (χ2n) is 6.55. The number of fused-ring (bicyclic) bond motifs is 1. The molecular weight excluding hydrogens is 399 g/mol. The van der Waals surface area contributed by atoms with Gasteiger partial charge in [0.05, 0.1) is 5.56 Å². The third-order valence-corrected chi connectivity index (χ3v) is 6.00. The zero-order chi connectivity index (χ0) is 20.1. The summed E-state index contributed by atoms with van der Waals surface area (Å²) in [5, 5.41) is 15.2. The van der Waals surface area contributed by atoms with Crippen molar-refractivity contribution in [3.05, 3.63) is 27.4 Å². The van der Waals surface area contributed by atoms with Crippen LogP contribution in [0.25, 0.3) is 11.5 Å². The summed E-state index contributed by atoms with van der Waals surface area (Å²) in [5.74, 6) is -3.39. The molecule has 0 radical (unpaired) electrons. The van der Waals surface area contributed by atoms with Crippen molar-refractivity contribution in [3.63, 3.8) is 0 Å². The fourth-order valence-corrected chi connectivity index (χ4v) is 4.84. The SMILES string of the molecule is O=C(O)C1=C(C(=O)Nc2sc3c(c2-c2nc(C(F)(F)F)no2)CCC3)CCC1. The van der Waals surface area contributed by atoms with Gasteiger partial charge in [-0.2, -0.15) is 18.2 Å². The van der Waals surface area contributed by atoms with Gasteiger partial charge in [0.15, 0.2) is 0 Å². The lowest BCUT2D eigenvalue weighted by Crippen LogP contribution is -2.16. The van der Waals surface area contributed by atoms with Crippen molar-refractivity contribution in [1.29, 1.82) is 0 Å². The molecule has 0 aromatic carbocycles. The summed E-state index contributed by atoms with van der Waals surface area (Å²) in [6.07, 6.45) is -1.31. The number of aromatic nitrogens is 2. The Labute approximate surface area is 160 Å². The number of anilines is 1. The number of alkyl halides is 3. The number of carboxylic acids is 1. The highest BCUT2D eigenvalue weighted by Crippen LogP contribution is 2.45. The van der Waals surface area contributed by atoms with E-state index in [0.29, 0.717) is 36.2 Å². The van der Waals surface area contributed by atoms with Crippen LogP contribution in [0.4, 0.5) is 18.2 Å². The zero-order valence-corrected chi connectivity index (χ0v) is 15.2. The number of amides is 1. The van der Waals surface area contributed by atoms with Crippen molar-refractivity contribution < 1.29 is 32.4 Å². The number of aryl methyl sites for hydroxylation is 1. The number of rotatable bonds is 4. The van der Waals surface area contributed by atoms with Gasteiger partial charge in [0.2, 0.25) is 0 Å². The second kappa shape index (κ2) is 6.73. The van der Waals surface area contributed by atoms with Crippen LogP contribution in [-0.2, 0) is 28.6 Å². The molecule has 0 bridgehead atoms. The lowest BCUT2D eigenvalue weighted by Gasteiger charge is -2.07. The molecule has 0 spiro atoms. The first-order valence-electron chi connectivity index (χ1n) is 8.58. The van der Waals surface area contributed by atoms with Crippen LogP contribution in [0.3, 0.4) is 0 Å². The molecule has 0 saturated heterocycles. The third-order valence-electron chi connectivity index (χ3n) is 4.79. The summed E-state index contributed by atoms with van der Waals surface area (Å²) in [5.41, 5.74) is 1.34. The average Bonchev–Trinajstić information content (AvgIpc) is 3.36. The van der Waals surface area contributed by atoms with Gasteiger partial charge in [-0.15, -0.1) is 11.3 Å². The molecule has 2 aliphatic rings. The van der Waals surface area contributed by atoms with E-state index < -0.39 is 23.9 Å². The number of hydrogen-bond acceptors (Lipinski definition) is 6. The number of carbonyl (C=O) groups excluding carboxylic acids is 1. The largest absolute Gasteiger partial charge is 0.478 e. The van der Waals surface area contributed by atoms with Crippen molar-refractivity contribution in [1.82, 2.24) is 10.1 Å². The molecule has 0 saturated carbocycles. The molecule has 2 N–H and O–H groups in total. The van der Waals surface area contributed by atoms with Crippen LogP contribution < -0.4 is 5.32 Å². The number of carbonyl (C=O) groups is 2. The van der Waals surface area contributed by atoms with E-state index in [1.54, 1.807) is 0 Å². The van der Waals surface area contributed by atoms with Crippen LogP contribution in [0.1, 0.15) is 41.9 Å². The summed E-state index contributed by atoms with van der Waals surface area (Å²) in [7, 11) is 0. The van der Waals surface area contributed by atoms with Gasteiger partial charge in [0.25, 0.3) is 17.6 Å². The van der Waals surface area contributed by atoms with Crippen molar-refractivity contribution in [2.45, 2.75) is 44.7 Å². The number of thiophene rings is 1. The Balaban J connectivity index is 1.71. The molecule has 2 aliphatic carbocycles.